The minimum absolute atomic E-state index is 0.0875. The molecule has 0 radical (unpaired) electrons. The summed E-state index contributed by atoms with van der Waals surface area (Å²) in [5.41, 5.74) is 0.488. The van der Waals surface area contributed by atoms with Crippen LogP contribution in [0.3, 0.4) is 0 Å². The van der Waals surface area contributed by atoms with Crippen molar-refractivity contribution in [3.05, 3.63) is 35.9 Å². The topological polar surface area (TPSA) is 26.3 Å². The van der Waals surface area contributed by atoms with Gasteiger partial charge in [0.1, 0.15) is 0 Å². The molecule has 0 N–H and O–H groups in total. The Morgan fingerprint density at radius 3 is 2.33 bits per heavy atom. The van der Waals surface area contributed by atoms with Crippen LogP contribution in [-0.2, 0) is 4.74 Å². The molecular formula is C10H9Cl3O2. The van der Waals surface area contributed by atoms with Crippen molar-refractivity contribution in [2.75, 3.05) is 6.61 Å². The Labute approximate surface area is 103 Å². The number of hydrogen-bond donors (Lipinski definition) is 0. The highest BCUT2D eigenvalue weighted by molar-refractivity contribution is 6.67. The summed E-state index contributed by atoms with van der Waals surface area (Å²) in [5.74, 6) is -0.412. The van der Waals surface area contributed by atoms with Crippen molar-refractivity contribution in [2.24, 2.45) is 0 Å². The Morgan fingerprint density at radius 2 is 1.80 bits per heavy atom. The van der Waals surface area contributed by atoms with E-state index >= 15 is 0 Å². The molecule has 0 fully saturated rings. The lowest BCUT2D eigenvalue weighted by Gasteiger charge is -2.10. The normalized spacial score (nSPS) is 11.1. The van der Waals surface area contributed by atoms with Gasteiger partial charge < -0.3 is 4.74 Å². The van der Waals surface area contributed by atoms with Gasteiger partial charge in [0.15, 0.2) is 3.79 Å². The summed E-state index contributed by atoms with van der Waals surface area (Å²) in [6.07, 6.45) is 0.177. The minimum Gasteiger partial charge on any atom is -0.462 e. The van der Waals surface area contributed by atoms with E-state index in [2.05, 4.69) is 0 Å². The van der Waals surface area contributed by atoms with E-state index in [1.807, 2.05) is 6.07 Å². The molecule has 1 rings (SSSR count). The smallest absolute Gasteiger partial charge is 0.338 e. The summed E-state index contributed by atoms with van der Waals surface area (Å²) in [7, 11) is 0. The van der Waals surface area contributed by atoms with Crippen LogP contribution in [-0.4, -0.2) is 16.4 Å². The second-order valence-electron chi connectivity index (χ2n) is 2.87. The third-order valence-electron chi connectivity index (χ3n) is 1.63. The standard InChI is InChI=1S/C10H9Cl3O2/c11-10(12,13)6-7-15-9(14)8-4-2-1-3-5-8/h1-5H,6-7H2. The van der Waals surface area contributed by atoms with Gasteiger partial charge in [-0.05, 0) is 12.1 Å². The Bertz CT molecular complexity index is 319. The quantitative estimate of drug-likeness (QED) is 0.618. The van der Waals surface area contributed by atoms with Crippen LogP contribution < -0.4 is 0 Å². The molecule has 1 aromatic carbocycles. The monoisotopic (exact) mass is 266 g/mol. The Hall–Kier alpha value is -0.440. The number of carbonyl (C=O) groups excluding carboxylic acids is 1. The fourth-order valence-corrected chi connectivity index (χ4v) is 1.15. The molecule has 1 aromatic rings. The number of alkyl halides is 3. The maximum Gasteiger partial charge on any atom is 0.338 e. The van der Waals surface area contributed by atoms with Crippen LogP contribution in [0.5, 0.6) is 0 Å². The zero-order chi connectivity index (χ0) is 11.3. The van der Waals surface area contributed by atoms with Crippen LogP contribution in [0.4, 0.5) is 0 Å². The average molecular weight is 268 g/mol. The molecule has 0 atom stereocenters. The third kappa shape index (κ3) is 5.26. The van der Waals surface area contributed by atoms with E-state index in [4.69, 9.17) is 39.5 Å². The number of ether oxygens (including phenoxy) is 1. The van der Waals surface area contributed by atoms with Gasteiger partial charge in [-0.25, -0.2) is 4.79 Å². The van der Waals surface area contributed by atoms with Gasteiger partial charge in [-0.1, -0.05) is 53.0 Å². The highest BCUT2D eigenvalue weighted by Gasteiger charge is 2.20. The van der Waals surface area contributed by atoms with Crippen LogP contribution in [0.2, 0.25) is 0 Å². The molecule has 0 bridgehead atoms. The molecule has 0 spiro atoms. The number of benzene rings is 1. The molecule has 82 valence electrons. The van der Waals surface area contributed by atoms with Gasteiger partial charge in [-0.3, -0.25) is 0 Å². The lowest BCUT2D eigenvalue weighted by atomic mass is 10.2. The van der Waals surface area contributed by atoms with Crippen molar-refractivity contribution >= 4 is 40.8 Å². The van der Waals surface area contributed by atoms with Gasteiger partial charge in [-0.15, -0.1) is 0 Å². The lowest BCUT2D eigenvalue weighted by molar-refractivity contribution is 0.0502. The maximum absolute atomic E-state index is 11.4. The maximum atomic E-state index is 11.4. The van der Waals surface area contributed by atoms with Crippen LogP contribution in [0, 0.1) is 0 Å². The minimum atomic E-state index is -1.38. The Morgan fingerprint density at radius 1 is 1.20 bits per heavy atom. The molecule has 0 unspecified atom stereocenters. The second kappa shape index (κ2) is 5.59. The summed E-state index contributed by atoms with van der Waals surface area (Å²) in [4.78, 5) is 11.4. The van der Waals surface area contributed by atoms with Crippen LogP contribution in [0.25, 0.3) is 0 Å². The lowest BCUT2D eigenvalue weighted by Crippen LogP contribution is -2.12. The van der Waals surface area contributed by atoms with E-state index in [0.717, 1.165) is 0 Å². The van der Waals surface area contributed by atoms with Crippen molar-refractivity contribution in [3.8, 4) is 0 Å². The van der Waals surface area contributed by atoms with Gasteiger partial charge >= 0.3 is 5.97 Å². The first-order valence-corrected chi connectivity index (χ1v) is 5.41. The van der Waals surface area contributed by atoms with E-state index in [9.17, 15) is 4.79 Å². The second-order valence-corrected chi connectivity index (χ2v) is 5.38. The number of halogens is 3. The zero-order valence-electron chi connectivity index (χ0n) is 7.75. The summed E-state index contributed by atoms with van der Waals surface area (Å²) in [5, 5.41) is 0. The van der Waals surface area contributed by atoms with Crippen LogP contribution >= 0.6 is 34.8 Å². The van der Waals surface area contributed by atoms with Gasteiger partial charge in [0.2, 0.25) is 0 Å². The SMILES string of the molecule is O=C(OCCC(Cl)(Cl)Cl)c1ccccc1. The van der Waals surface area contributed by atoms with E-state index in [0.29, 0.717) is 5.56 Å². The largest absolute Gasteiger partial charge is 0.462 e. The van der Waals surface area contributed by atoms with Crippen molar-refractivity contribution in [2.45, 2.75) is 10.2 Å². The Balaban J connectivity index is 2.38. The molecule has 0 heterocycles. The molecule has 15 heavy (non-hydrogen) atoms. The molecule has 0 aliphatic heterocycles. The fourth-order valence-electron chi connectivity index (χ4n) is 0.917. The molecule has 0 aliphatic carbocycles. The molecule has 0 saturated carbocycles. The first kappa shape index (κ1) is 12.6. The first-order valence-electron chi connectivity index (χ1n) is 4.28. The predicted molar refractivity (Wildman–Crippen MR) is 61.6 cm³/mol. The van der Waals surface area contributed by atoms with Crippen LogP contribution in [0.15, 0.2) is 30.3 Å². The predicted octanol–water partition coefficient (Wildman–Crippen LogP) is 3.60. The molecular weight excluding hydrogens is 258 g/mol. The highest BCUT2D eigenvalue weighted by atomic mass is 35.6. The number of esters is 1. The molecule has 0 aromatic heterocycles. The number of carbonyl (C=O) groups is 1. The average Bonchev–Trinajstić information content (AvgIpc) is 2.17. The molecule has 0 aliphatic rings. The highest BCUT2D eigenvalue weighted by Crippen LogP contribution is 2.29. The fraction of sp³-hybridized carbons (Fsp3) is 0.300. The van der Waals surface area contributed by atoms with Crippen molar-refractivity contribution in [3.63, 3.8) is 0 Å². The number of rotatable bonds is 3. The molecule has 0 saturated heterocycles. The van der Waals surface area contributed by atoms with Gasteiger partial charge in [0.25, 0.3) is 0 Å². The van der Waals surface area contributed by atoms with Gasteiger partial charge in [0, 0.05) is 6.42 Å². The third-order valence-corrected chi connectivity index (χ3v) is 2.20. The van der Waals surface area contributed by atoms with E-state index in [-0.39, 0.29) is 13.0 Å². The van der Waals surface area contributed by atoms with E-state index in [1.54, 1.807) is 24.3 Å². The molecule has 2 nitrogen and oxygen atoms in total. The summed E-state index contributed by atoms with van der Waals surface area (Å²) in [6, 6.07) is 8.66. The zero-order valence-corrected chi connectivity index (χ0v) is 10.0. The van der Waals surface area contributed by atoms with E-state index in [1.165, 1.54) is 0 Å². The first-order chi connectivity index (χ1) is 6.99. The summed E-state index contributed by atoms with van der Waals surface area (Å²) < 4.78 is 3.53. The van der Waals surface area contributed by atoms with Crippen LogP contribution in [0.1, 0.15) is 16.8 Å². The van der Waals surface area contributed by atoms with Gasteiger partial charge in [-0.2, -0.15) is 0 Å². The van der Waals surface area contributed by atoms with Crippen molar-refractivity contribution < 1.29 is 9.53 Å². The van der Waals surface area contributed by atoms with Gasteiger partial charge in [0.05, 0.1) is 12.2 Å². The van der Waals surface area contributed by atoms with Crippen molar-refractivity contribution in [1.82, 2.24) is 0 Å². The molecule has 5 heteroatoms. The van der Waals surface area contributed by atoms with E-state index < -0.39 is 9.76 Å². The number of hydrogen-bond acceptors (Lipinski definition) is 2. The molecule has 0 amide bonds. The Kier molecular flexibility index (Phi) is 4.71. The summed E-state index contributed by atoms with van der Waals surface area (Å²) >= 11 is 16.5. The summed E-state index contributed by atoms with van der Waals surface area (Å²) in [6.45, 7) is 0.0875. The van der Waals surface area contributed by atoms with Crippen molar-refractivity contribution in [1.29, 1.82) is 0 Å².